The van der Waals surface area contributed by atoms with Crippen LogP contribution in [0.2, 0.25) is 0 Å². The molecular formula is C16H20N4O3. The Bertz CT molecular complexity index is 694. The van der Waals surface area contributed by atoms with Crippen molar-refractivity contribution >= 4 is 17.6 Å². The molecule has 0 radical (unpaired) electrons. The molecule has 1 fully saturated rings. The van der Waals surface area contributed by atoms with Gasteiger partial charge in [-0.2, -0.15) is 0 Å². The molecule has 0 saturated carbocycles. The maximum absolute atomic E-state index is 12.3. The highest BCUT2D eigenvalue weighted by Gasteiger charge is 2.31. The maximum Gasteiger partial charge on any atom is 0.317 e. The number of hydrogen-bond donors (Lipinski definition) is 2. The van der Waals surface area contributed by atoms with Crippen LogP contribution in [0.4, 0.5) is 4.79 Å². The number of carbonyl (C=O) groups excluding carboxylic acids is 1. The van der Waals surface area contributed by atoms with Crippen LogP contribution >= 0.6 is 0 Å². The van der Waals surface area contributed by atoms with E-state index >= 15 is 0 Å². The first-order valence-electron chi connectivity index (χ1n) is 7.71. The Hall–Kier alpha value is -2.57. The number of carboxylic acids is 1. The highest BCUT2D eigenvalue weighted by molar-refractivity contribution is 5.76. The van der Waals surface area contributed by atoms with E-state index in [0.29, 0.717) is 19.5 Å². The number of fused-ring (bicyclic) bond motifs is 1. The fourth-order valence-electron chi connectivity index (χ4n) is 3.05. The maximum atomic E-state index is 12.3. The van der Waals surface area contributed by atoms with Crippen molar-refractivity contribution in [3.63, 3.8) is 0 Å². The lowest BCUT2D eigenvalue weighted by atomic mass is 9.91. The monoisotopic (exact) mass is 316 g/mol. The third-order valence-corrected chi connectivity index (χ3v) is 4.13. The van der Waals surface area contributed by atoms with Crippen LogP contribution in [0.3, 0.4) is 0 Å². The molecule has 0 bridgehead atoms. The number of likely N-dealkylation sites (tertiary alicyclic amines) is 1. The number of hydrogen-bond acceptors (Lipinski definition) is 3. The van der Waals surface area contributed by atoms with E-state index in [-0.39, 0.29) is 18.5 Å². The van der Waals surface area contributed by atoms with E-state index in [1.807, 2.05) is 41.9 Å². The number of carboxylic acid groups (broad SMARTS) is 1. The molecule has 0 aromatic carbocycles. The van der Waals surface area contributed by atoms with Gasteiger partial charge in [0.05, 0.1) is 18.2 Å². The number of imidazole rings is 1. The van der Waals surface area contributed by atoms with Crippen LogP contribution in [0, 0.1) is 11.8 Å². The average molecular weight is 316 g/mol. The van der Waals surface area contributed by atoms with E-state index in [2.05, 4.69) is 10.3 Å². The Morgan fingerprint density at radius 1 is 1.39 bits per heavy atom. The normalized spacial score (nSPS) is 21.3. The van der Waals surface area contributed by atoms with Gasteiger partial charge >= 0.3 is 12.0 Å². The smallest absolute Gasteiger partial charge is 0.317 e. The molecule has 2 amide bonds. The standard InChI is InChI=1S/C16H20N4O3/c1-11-6-12(15(21)22)9-20(8-11)16(23)17-7-13-10-19-5-3-2-4-14(19)18-13/h2-5,10-12H,6-9H2,1H3,(H,17,23)(H,21,22). The molecule has 3 heterocycles. The van der Waals surface area contributed by atoms with Crippen molar-refractivity contribution in [3.05, 3.63) is 36.3 Å². The zero-order chi connectivity index (χ0) is 16.4. The number of nitrogens with zero attached hydrogens (tertiary/aromatic N) is 3. The number of pyridine rings is 1. The van der Waals surface area contributed by atoms with Crippen LogP contribution in [-0.2, 0) is 11.3 Å². The van der Waals surface area contributed by atoms with Crippen LogP contribution in [0.15, 0.2) is 30.6 Å². The molecule has 23 heavy (non-hydrogen) atoms. The van der Waals surface area contributed by atoms with E-state index in [9.17, 15) is 14.7 Å². The number of nitrogens with one attached hydrogen (secondary N) is 1. The first-order valence-corrected chi connectivity index (χ1v) is 7.71. The van der Waals surface area contributed by atoms with Gasteiger partial charge in [-0.25, -0.2) is 9.78 Å². The van der Waals surface area contributed by atoms with Gasteiger partial charge in [0.2, 0.25) is 0 Å². The highest BCUT2D eigenvalue weighted by Crippen LogP contribution is 2.21. The number of rotatable bonds is 3. The fraction of sp³-hybridized carbons (Fsp3) is 0.438. The van der Waals surface area contributed by atoms with Crippen LogP contribution in [0.5, 0.6) is 0 Å². The summed E-state index contributed by atoms with van der Waals surface area (Å²) in [5, 5.41) is 12.0. The topological polar surface area (TPSA) is 86.9 Å². The zero-order valence-corrected chi connectivity index (χ0v) is 13.0. The quantitative estimate of drug-likeness (QED) is 0.900. The summed E-state index contributed by atoms with van der Waals surface area (Å²) in [6.07, 6.45) is 4.39. The Balaban J connectivity index is 1.61. The molecule has 0 spiro atoms. The predicted octanol–water partition coefficient (Wildman–Crippen LogP) is 1.59. The van der Waals surface area contributed by atoms with Crippen molar-refractivity contribution in [3.8, 4) is 0 Å². The summed E-state index contributed by atoms with van der Waals surface area (Å²) in [5.41, 5.74) is 1.60. The van der Waals surface area contributed by atoms with Crippen LogP contribution in [0.25, 0.3) is 5.65 Å². The summed E-state index contributed by atoms with van der Waals surface area (Å²) < 4.78 is 1.89. The lowest BCUT2D eigenvalue weighted by Crippen LogP contribution is -2.49. The van der Waals surface area contributed by atoms with Crippen molar-refractivity contribution < 1.29 is 14.7 Å². The van der Waals surface area contributed by atoms with Gasteiger partial charge in [0.25, 0.3) is 0 Å². The summed E-state index contributed by atoms with van der Waals surface area (Å²) in [6.45, 7) is 3.14. The lowest BCUT2D eigenvalue weighted by Gasteiger charge is -2.34. The number of amides is 2. The summed E-state index contributed by atoms with van der Waals surface area (Å²) in [6, 6.07) is 5.49. The second-order valence-corrected chi connectivity index (χ2v) is 6.14. The van der Waals surface area contributed by atoms with Crippen LogP contribution in [-0.4, -0.2) is 44.5 Å². The lowest BCUT2D eigenvalue weighted by molar-refractivity contribution is -0.143. The number of aromatic nitrogens is 2. The molecule has 0 aliphatic carbocycles. The molecule has 3 rings (SSSR count). The Labute approximate surface area is 133 Å². The predicted molar refractivity (Wildman–Crippen MR) is 83.9 cm³/mol. The first kappa shape index (κ1) is 15.3. The van der Waals surface area contributed by atoms with Crippen LogP contribution in [0.1, 0.15) is 19.0 Å². The fourth-order valence-corrected chi connectivity index (χ4v) is 3.05. The van der Waals surface area contributed by atoms with Crippen LogP contribution < -0.4 is 5.32 Å². The summed E-state index contributed by atoms with van der Waals surface area (Å²) in [4.78, 5) is 29.5. The van der Waals surface area contributed by atoms with E-state index in [1.165, 1.54) is 0 Å². The summed E-state index contributed by atoms with van der Waals surface area (Å²) in [7, 11) is 0. The molecule has 1 aliphatic heterocycles. The van der Waals surface area contributed by atoms with E-state index < -0.39 is 11.9 Å². The number of urea groups is 1. The largest absolute Gasteiger partial charge is 0.481 e. The molecule has 2 unspecified atom stereocenters. The SMILES string of the molecule is CC1CC(C(=O)O)CN(C(=O)NCc2cn3ccccc3n2)C1. The second-order valence-electron chi connectivity index (χ2n) is 6.14. The van der Waals surface area contributed by atoms with Gasteiger partial charge in [-0.15, -0.1) is 0 Å². The van der Waals surface area contributed by atoms with Crippen molar-refractivity contribution in [2.24, 2.45) is 11.8 Å². The van der Waals surface area contributed by atoms with Gasteiger partial charge in [0.1, 0.15) is 5.65 Å². The summed E-state index contributed by atoms with van der Waals surface area (Å²) >= 11 is 0. The minimum absolute atomic E-state index is 0.186. The van der Waals surface area contributed by atoms with Gasteiger partial charge in [0.15, 0.2) is 0 Å². The van der Waals surface area contributed by atoms with Gasteiger partial charge in [-0.1, -0.05) is 13.0 Å². The number of piperidine rings is 1. The average Bonchev–Trinajstić information content (AvgIpc) is 2.94. The Morgan fingerprint density at radius 3 is 2.96 bits per heavy atom. The van der Waals surface area contributed by atoms with E-state index in [1.54, 1.807) is 4.90 Å². The molecule has 7 heteroatoms. The van der Waals surface area contributed by atoms with Gasteiger partial charge < -0.3 is 19.7 Å². The van der Waals surface area contributed by atoms with E-state index in [4.69, 9.17) is 0 Å². The second kappa shape index (κ2) is 6.28. The van der Waals surface area contributed by atoms with Crippen molar-refractivity contribution in [2.45, 2.75) is 19.9 Å². The van der Waals surface area contributed by atoms with Gasteiger partial charge in [-0.3, -0.25) is 4.79 Å². The molecular weight excluding hydrogens is 296 g/mol. The van der Waals surface area contributed by atoms with E-state index in [0.717, 1.165) is 11.3 Å². The summed E-state index contributed by atoms with van der Waals surface area (Å²) in [5.74, 6) is -1.14. The molecule has 122 valence electrons. The third-order valence-electron chi connectivity index (χ3n) is 4.13. The minimum atomic E-state index is -0.838. The molecule has 1 aliphatic rings. The molecule has 2 aromatic rings. The zero-order valence-electron chi connectivity index (χ0n) is 13.0. The van der Waals surface area contributed by atoms with Crippen molar-refractivity contribution in [1.82, 2.24) is 19.6 Å². The Morgan fingerprint density at radius 2 is 2.22 bits per heavy atom. The molecule has 7 nitrogen and oxygen atoms in total. The molecule has 2 N–H and O–H groups in total. The minimum Gasteiger partial charge on any atom is -0.481 e. The number of aliphatic carboxylic acids is 1. The Kier molecular flexibility index (Phi) is 4.18. The van der Waals surface area contributed by atoms with Gasteiger partial charge in [0, 0.05) is 25.5 Å². The molecule has 1 saturated heterocycles. The highest BCUT2D eigenvalue weighted by atomic mass is 16.4. The van der Waals surface area contributed by atoms with Crippen molar-refractivity contribution in [1.29, 1.82) is 0 Å². The first-order chi connectivity index (χ1) is 11.0. The molecule has 2 aromatic heterocycles. The van der Waals surface area contributed by atoms with Crippen molar-refractivity contribution in [2.75, 3.05) is 13.1 Å². The molecule has 2 atom stereocenters. The third kappa shape index (κ3) is 3.44. The van der Waals surface area contributed by atoms with Gasteiger partial charge in [-0.05, 0) is 24.5 Å². The number of carbonyl (C=O) groups is 2.